The number of nitrogens with zero attached hydrogens (tertiary/aromatic N) is 3. The van der Waals surface area contributed by atoms with Crippen LogP contribution in [0.2, 0.25) is 0 Å². The van der Waals surface area contributed by atoms with Gasteiger partial charge in [0.1, 0.15) is 5.69 Å². The second kappa shape index (κ2) is 10.2. The number of aliphatic hydroxyl groups is 2. The first-order valence-corrected chi connectivity index (χ1v) is 12.2. The van der Waals surface area contributed by atoms with E-state index in [-0.39, 0.29) is 76.9 Å². The van der Waals surface area contributed by atoms with Gasteiger partial charge in [-0.2, -0.15) is 0 Å². The number of thiazole rings is 1. The number of carboxylic acid groups (broad SMARTS) is 1. The molecule has 10 nitrogen and oxygen atoms in total. The number of carboxylic acids is 1. The Labute approximate surface area is 221 Å². The first-order chi connectivity index (χ1) is 15.1. The van der Waals surface area contributed by atoms with Crippen LogP contribution in [0.1, 0.15) is 31.3 Å². The fraction of sp³-hybridized carbons (Fsp3) is 0.600. The van der Waals surface area contributed by atoms with E-state index in [0.717, 1.165) is 0 Å². The van der Waals surface area contributed by atoms with Crippen LogP contribution in [-0.2, 0) is 9.59 Å². The van der Waals surface area contributed by atoms with Crippen molar-refractivity contribution in [3.05, 3.63) is 21.7 Å². The molecule has 13 heteroatoms. The van der Waals surface area contributed by atoms with Crippen LogP contribution >= 0.6 is 23.1 Å². The molecule has 2 amide bonds. The third-order valence-corrected chi connectivity index (χ3v) is 8.44. The second-order valence-corrected chi connectivity index (χ2v) is 10.7. The van der Waals surface area contributed by atoms with Crippen molar-refractivity contribution in [3.8, 4) is 0 Å². The molecule has 0 radical (unpaired) electrons. The number of aliphatic hydroxyl groups excluding tert-OH is 2. The molecule has 1 aromatic rings. The topological polar surface area (TPSA) is 146 Å². The molecule has 4 heterocycles. The smallest absolute Gasteiger partial charge is 0.543 e. The number of thioether (sulfide) groups is 1. The summed E-state index contributed by atoms with van der Waals surface area (Å²) >= 11 is 2.78. The molecule has 1 aromatic heterocycles. The number of fused-ring (bicyclic) bond motifs is 1. The zero-order chi connectivity index (χ0) is 23.3. The molecule has 3 aliphatic heterocycles. The summed E-state index contributed by atoms with van der Waals surface area (Å²) in [5.41, 5.74) is 0.221. The Morgan fingerprint density at radius 1 is 1.39 bits per heavy atom. The van der Waals surface area contributed by atoms with Crippen molar-refractivity contribution in [1.29, 1.82) is 0 Å². The number of aromatic nitrogens is 1. The number of rotatable bonds is 8. The van der Waals surface area contributed by atoms with Crippen molar-refractivity contribution in [2.45, 2.75) is 44.2 Å². The monoisotopic (exact) mass is 504 g/mol. The predicted octanol–water partition coefficient (Wildman–Crippen LogP) is -4.00. The van der Waals surface area contributed by atoms with Gasteiger partial charge in [0.2, 0.25) is 5.91 Å². The molecule has 3 N–H and O–H groups in total. The SMILES string of the molecule is C[C@@H](CO)NC(=O)c1csc(N2CC(SC3=C(C(=O)[O-])N4C(=O)C([C@@H](C)O)C4[C@H]3C)C2)n1.[Na+]. The minimum atomic E-state index is -1.37. The van der Waals surface area contributed by atoms with Crippen molar-refractivity contribution in [3.63, 3.8) is 0 Å². The van der Waals surface area contributed by atoms with Gasteiger partial charge in [0, 0.05) is 40.6 Å². The Balaban J connectivity index is 0.00000306. The Morgan fingerprint density at radius 3 is 2.64 bits per heavy atom. The van der Waals surface area contributed by atoms with E-state index in [1.807, 2.05) is 11.8 Å². The van der Waals surface area contributed by atoms with Gasteiger partial charge >= 0.3 is 29.6 Å². The van der Waals surface area contributed by atoms with Crippen LogP contribution in [0.4, 0.5) is 5.13 Å². The Hall–Kier alpha value is -1.15. The van der Waals surface area contributed by atoms with Gasteiger partial charge in [-0.05, 0) is 13.8 Å². The molecule has 5 atom stereocenters. The molecule has 0 aromatic carbocycles. The molecular weight excluding hydrogens is 479 g/mol. The summed E-state index contributed by atoms with van der Waals surface area (Å²) in [4.78, 5) is 44.6. The van der Waals surface area contributed by atoms with Crippen LogP contribution in [0.15, 0.2) is 16.0 Å². The summed E-state index contributed by atoms with van der Waals surface area (Å²) in [6, 6.07) is -0.709. The Bertz CT molecular complexity index is 980. The van der Waals surface area contributed by atoms with E-state index in [1.54, 1.807) is 19.2 Å². The molecule has 3 aliphatic rings. The van der Waals surface area contributed by atoms with Gasteiger partial charge in [0.15, 0.2) is 5.13 Å². The molecule has 33 heavy (non-hydrogen) atoms. The summed E-state index contributed by atoms with van der Waals surface area (Å²) in [7, 11) is 0. The maximum atomic E-state index is 12.4. The number of carbonyl (C=O) groups is 3. The fourth-order valence-electron chi connectivity index (χ4n) is 4.37. The van der Waals surface area contributed by atoms with E-state index in [4.69, 9.17) is 5.11 Å². The van der Waals surface area contributed by atoms with E-state index >= 15 is 0 Å². The summed E-state index contributed by atoms with van der Waals surface area (Å²) < 4.78 is 0. The van der Waals surface area contributed by atoms with Crippen molar-refractivity contribution >= 4 is 46.0 Å². The third-order valence-electron chi connectivity index (χ3n) is 6.09. The number of anilines is 1. The maximum Gasteiger partial charge on any atom is 1.00 e. The van der Waals surface area contributed by atoms with Gasteiger partial charge in [-0.25, -0.2) is 4.98 Å². The second-order valence-electron chi connectivity index (χ2n) is 8.47. The number of hydrogen-bond acceptors (Lipinski definition) is 10. The Kier molecular flexibility index (Phi) is 8.20. The third kappa shape index (κ3) is 4.71. The van der Waals surface area contributed by atoms with Crippen LogP contribution in [0.5, 0.6) is 0 Å². The molecule has 0 saturated carbocycles. The summed E-state index contributed by atoms with van der Waals surface area (Å²) in [6.45, 7) is 6.22. The quantitative estimate of drug-likeness (QED) is 0.238. The van der Waals surface area contributed by atoms with Gasteiger partial charge in [-0.1, -0.05) is 6.92 Å². The maximum absolute atomic E-state index is 12.4. The number of aliphatic carboxylic acids is 1. The van der Waals surface area contributed by atoms with Crippen LogP contribution in [0.25, 0.3) is 0 Å². The van der Waals surface area contributed by atoms with Gasteiger partial charge in [0.25, 0.3) is 5.91 Å². The molecule has 0 bridgehead atoms. The van der Waals surface area contributed by atoms with E-state index < -0.39 is 18.0 Å². The average molecular weight is 505 g/mol. The zero-order valence-corrected chi connectivity index (χ0v) is 22.5. The van der Waals surface area contributed by atoms with Gasteiger partial charge in [-0.3, -0.25) is 9.59 Å². The number of nitrogens with one attached hydrogen (secondary N) is 1. The van der Waals surface area contributed by atoms with Crippen LogP contribution < -0.4 is 44.9 Å². The normalized spacial score (nSPS) is 26.2. The Morgan fingerprint density at radius 2 is 2.06 bits per heavy atom. The summed E-state index contributed by atoms with van der Waals surface area (Å²) in [5.74, 6) is -2.87. The average Bonchev–Trinajstić information content (AvgIpc) is 3.26. The minimum Gasteiger partial charge on any atom is -0.543 e. The van der Waals surface area contributed by atoms with E-state index in [0.29, 0.717) is 28.8 Å². The fourth-order valence-corrected chi connectivity index (χ4v) is 6.72. The van der Waals surface area contributed by atoms with E-state index in [1.165, 1.54) is 28.0 Å². The summed E-state index contributed by atoms with van der Waals surface area (Å²) in [5, 5.41) is 35.9. The molecule has 0 aliphatic carbocycles. The molecule has 4 rings (SSSR count). The van der Waals surface area contributed by atoms with Gasteiger partial charge in [-0.15, -0.1) is 23.1 Å². The largest absolute Gasteiger partial charge is 1.00 e. The molecular formula is C20H25N4NaO6S2. The van der Waals surface area contributed by atoms with Gasteiger partial charge < -0.3 is 35.2 Å². The van der Waals surface area contributed by atoms with E-state index in [9.17, 15) is 24.6 Å². The van der Waals surface area contributed by atoms with Crippen LogP contribution in [-0.4, -0.2) is 81.0 Å². The molecule has 2 unspecified atom stereocenters. The first kappa shape index (κ1) is 26.5. The summed E-state index contributed by atoms with van der Waals surface area (Å²) in [6.07, 6.45) is -0.839. The van der Waals surface area contributed by atoms with Crippen molar-refractivity contribution in [2.75, 3.05) is 24.6 Å². The van der Waals surface area contributed by atoms with E-state index in [2.05, 4.69) is 10.3 Å². The predicted molar refractivity (Wildman–Crippen MR) is 117 cm³/mol. The number of β-lactam (4-membered cyclic amide) rings is 1. The van der Waals surface area contributed by atoms with Crippen LogP contribution in [0.3, 0.4) is 0 Å². The molecule has 0 spiro atoms. The zero-order valence-electron chi connectivity index (χ0n) is 18.8. The first-order valence-electron chi connectivity index (χ1n) is 10.4. The van der Waals surface area contributed by atoms with Crippen molar-refractivity contribution < 1.29 is 59.3 Å². The number of hydrogen-bond donors (Lipinski definition) is 3. The van der Waals surface area contributed by atoms with Gasteiger partial charge in [0.05, 0.1) is 36.3 Å². The molecule has 2 fully saturated rings. The molecule has 2 saturated heterocycles. The minimum absolute atomic E-state index is 0. The van der Waals surface area contributed by atoms with Crippen molar-refractivity contribution in [1.82, 2.24) is 15.2 Å². The standard InChI is InChI=1S/C20H26N4O6S2.Na/c1-8(6-25)21-17(27)12-7-31-20(22-12)23-4-11(5-23)32-16-9(2)14-13(10(3)26)18(28)24(14)15(16)19(29)30;/h7-11,13-14,25-26H,4-6H2,1-3H3,(H,21,27)(H,29,30);/q;+1/p-1/t8-,9+,10+,13?,14?;/m0./s1. The van der Waals surface area contributed by atoms with Crippen molar-refractivity contribution in [2.24, 2.45) is 11.8 Å². The number of amides is 2. The van der Waals surface area contributed by atoms with Crippen LogP contribution in [0, 0.1) is 11.8 Å². The number of carbonyl (C=O) groups excluding carboxylic acids is 3. The molecule has 174 valence electrons.